The van der Waals surface area contributed by atoms with Crippen LogP contribution in [-0.2, 0) is 17.0 Å². The van der Waals surface area contributed by atoms with E-state index in [9.17, 15) is 9.18 Å². The lowest BCUT2D eigenvalue weighted by atomic mass is 10.2. The Morgan fingerprint density at radius 2 is 2.04 bits per heavy atom. The zero-order chi connectivity index (χ0) is 17.6. The molecule has 3 aromatic rings. The van der Waals surface area contributed by atoms with Crippen LogP contribution in [0.4, 0.5) is 10.1 Å². The fourth-order valence-electron chi connectivity index (χ4n) is 2.11. The van der Waals surface area contributed by atoms with E-state index >= 15 is 0 Å². The highest BCUT2D eigenvalue weighted by atomic mass is 35.5. The van der Waals surface area contributed by atoms with Crippen molar-refractivity contribution in [1.29, 1.82) is 0 Å². The zero-order valence-electron chi connectivity index (χ0n) is 13.0. The third kappa shape index (κ3) is 5.56. The lowest BCUT2D eigenvalue weighted by Crippen LogP contribution is -2.14. The second kappa shape index (κ2) is 8.47. The molecule has 3 nitrogen and oxygen atoms in total. The standard InChI is InChI=1S/C18H14ClFN2OS2/c19-13-3-1-2-12(8-13)10-24-18-22-16(11-25-18)9-17(23)21-15-6-4-14(20)5-7-15/h1-8,11H,9-10H2,(H,21,23). The summed E-state index contributed by atoms with van der Waals surface area (Å²) in [5, 5.41) is 5.33. The number of thioether (sulfide) groups is 1. The molecule has 1 heterocycles. The minimum absolute atomic E-state index is 0.178. The van der Waals surface area contributed by atoms with E-state index in [2.05, 4.69) is 10.3 Å². The molecule has 1 aromatic heterocycles. The molecular formula is C18H14ClFN2OS2. The van der Waals surface area contributed by atoms with E-state index in [0.717, 1.165) is 26.4 Å². The molecule has 1 amide bonds. The minimum Gasteiger partial charge on any atom is -0.326 e. The van der Waals surface area contributed by atoms with E-state index in [1.165, 1.54) is 35.6 Å². The summed E-state index contributed by atoms with van der Waals surface area (Å²) in [6.45, 7) is 0. The highest BCUT2D eigenvalue weighted by Crippen LogP contribution is 2.27. The van der Waals surface area contributed by atoms with Crippen molar-refractivity contribution >= 4 is 46.3 Å². The molecule has 1 N–H and O–H groups in total. The molecular weight excluding hydrogens is 379 g/mol. The molecule has 0 saturated carbocycles. The van der Waals surface area contributed by atoms with Crippen molar-refractivity contribution in [2.24, 2.45) is 0 Å². The second-order valence-electron chi connectivity index (χ2n) is 5.26. The van der Waals surface area contributed by atoms with Crippen molar-refractivity contribution in [2.75, 3.05) is 5.32 Å². The molecule has 128 valence electrons. The number of aromatic nitrogens is 1. The number of nitrogens with one attached hydrogen (secondary N) is 1. The fourth-order valence-corrected chi connectivity index (χ4v) is 4.11. The Bertz CT molecular complexity index is 868. The van der Waals surface area contributed by atoms with Crippen molar-refractivity contribution in [3.05, 3.63) is 76.0 Å². The summed E-state index contributed by atoms with van der Waals surface area (Å²) in [5.74, 6) is 0.261. The van der Waals surface area contributed by atoms with Crippen molar-refractivity contribution in [3.8, 4) is 0 Å². The average molecular weight is 393 g/mol. The first kappa shape index (κ1) is 17.9. The van der Waals surface area contributed by atoms with Gasteiger partial charge < -0.3 is 5.32 Å². The molecule has 0 aliphatic carbocycles. The van der Waals surface area contributed by atoms with Crippen LogP contribution in [0.5, 0.6) is 0 Å². The molecule has 0 atom stereocenters. The van der Waals surface area contributed by atoms with Gasteiger partial charge in [-0.3, -0.25) is 4.79 Å². The number of anilines is 1. The SMILES string of the molecule is O=C(Cc1csc(SCc2cccc(Cl)c2)n1)Nc1ccc(F)cc1. The minimum atomic E-state index is -0.334. The molecule has 0 aliphatic rings. The van der Waals surface area contributed by atoms with Crippen LogP contribution in [-0.4, -0.2) is 10.9 Å². The van der Waals surface area contributed by atoms with Gasteiger partial charge in [-0.2, -0.15) is 0 Å². The third-order valence-corrected chi connectivity index (χ3v) is 5.63. The van der Waals surface area contributed by atoms with Gasteiger partial charge in [-0.25, -0.2) is 9.37 Å². The molecule has 0 unspecified atom stereocenters. The first-order valence-corrected chi connectivity index (χ1v) is 9.70. The molecule has 7 heteroatoms. The normalized spacial score (nSPS) is 10.6. The van der Waals surface area contributed by atoms with Crippen LogP contribution in [0.15, 0.2) is 58.3 Å². The molecule has 25 heavy (non-hydrogen) atoms. The van der Waals surface area contributed by atoms with Gasteiger partial charge in [-0.05, 0) is 42.0 Å². The van der Waals surface area contributed by atoms with Gasteiger partial charge in [0.25, 0.3) is 0 Å². The third-order valence-electron chi connectivity index (χ3n) is 3.25. The fraction of sp³-hybridized carbons (Fsp3) is 0.111. The van der Waals surface area contributed by atoms with Crippen LogP contribution in [0.2, 0.25) is 5.02 Å². The van der Waals surface area contributed by atoms with Gasteiger partial charge in [0.15, 0.2) is 0 Å². The quantitative estimate of drug-likeness (QED) is 0.570. The predicted molar refractivity (Wildman–Crippen MR) is 102 cm³/mol. The molecule has 3 rings (SSSR count). The number of nitrogens with zero attached hydrogens (tertiary/aromatic N) is 1. The molecule has 0 radical (unpaired) electrons. The number of amides is 1. The monoisotopic (exact) mass is 392 g/mol. The molecule has 2 aromatic carbocycles. The van der Waals surface area contributed by atoms with Gasteiger partial charge in [0.1, 0.15) is 10.2 Å². The van der Waals surface area contributed by atoms with Gasteiger partial charge in [0.2, 0.25) is 5.91 Å². The van der Waals surface area contributed by atoms with Crippen molar-refractivity contribution < 1.29 is 9.18 Å². The second-order valence-corrected chi connectivity index (χ2v) is 7.77. The van der Waals surface area contributed by atoms with E-state index in [-0.39, 0.29) is 18.1 Å². The number of benzene rings is 2. The van der Waals surface area contributed by atoms with E-state index in [1.807, 2.05) is 29.6 Å². The number of carbonyl (C=O) groups excluding carboxylic acids is 1. The highest BCUT2D eigenvalue weighted by molar-refractivity contribution is 8.00. The molecule has 0 saturated heterocycles. The summed E-state index contributed by atoms with van der Waals surface area (Å²) in [4.78, 5) is 16.5. The van der Waals surface area contributed by atoms with Gasteiger partial charge in [-0.1, -0.05) is 35.5 Å². The van der Waals surface area contributed by atoms with Crippen LogP contribution in [0, 0.1) is 5.82 Å². The van der Waals surface area contributed by atoms with E-state index < -0.39 is 0 Å². The summed E-state index contributed by atoms with van der Waals surface area (Å²) in [6, 6.07) is 13.4. The molecule has 0 fully saturated rings. The Morgan fingerprint density at radius 3 is 2.80 bits per heavy atom. The number of halogens is 2. The summed E-state index contributed by atoms with van der Waals surface area (Å²) in [7, 11) is 0. The maximum absolute atomic E-state index is 12.9. The predicted octanol–water partition coefficient (Wildman–Crippen LogP) is 5.41. The Hall–Kier alpha value is -1.89. The van der Waals surface area contributed by atoms with E-state index in [1.54, 1.807) is 11.8 Å². The van der Waals surface area contributed by atoms with E-state index in [0.29, 0.717) is 5.69 Å². The number of hydrogen-bond acceptors (Lipinski definition) is 4. The zero-order valence-corrected chi connectivity index (χ0v) is 15.4. The van der Waals surface area contributed by atoms with Crippen LogP contribution < -0.4 is 5.32 Å². The lowest BCUT2D eigenvalue weighted by molar-refractivity contribution is -0.115. The average Bonchev–Trinajstić information content (AvgIpc) is 3.02. The van der Waals surface area contributed by atoms with Crippen LogP contribution in [0.25, 0.3) is 0 Å². The Morgan fingerprint density at radius 1 is 1.24 bits per heavy atom. The number of hydrogen-bond donors (Lipinski definition) is 1. The Kier molecular flexibility index (Phi) is 6.07. The maximum atomic E-state index is 12.9. The Labute approximate surface area is 158 Å². The van der Waals surface area contributed by atoms with Gasteiger partial charge >= 0.3 is 0 Å². The summed E-state index contributed by atoms with van der Waals surface area (Å²) >= 11 is 9.10. The number of rotatable bonds is 6. The smallest absolute Gasteiger partial charge is 0.230 e. The number of thiazole rings is 1. The molecule has 0 aliphatic heterocycles. The largest absolute Gasteiger partial charge is 0.326 e. The van der Waals surface area contributed by atoms with E-state index in [4.69, 9.17) is 11.6 Å². The molecule has 0 spiro atoms. The highest BCUT2D eigenvalue weighted by Gasteiger charge is 2.09. The summed E-state index contributed by atoms with van der Waals surface area (Å²) in [6.07, 6.45) is 0.186. The first-order chi connectivity index (χ1) is 12.1. The van der Waals surface area contributed by atoms with Gasteiger partial charge in [0, 0.05) is 21.8 Å². The van der Waals surface area contributed by atoms with Crippen molar-refractivity contribution in [3.63, 3.8) is 0 Å². The Balaban J connectivity index is 1.52. The summed E-state index contributed by atoms with van der Waals surface area (Å²) in [5.41, 5.74) is 2.42. The topological polar surface area (TPSA) is 42.0 Å². The first-order valence-electron chi connectivity index (χ1n) is 7.45. The van der Waals surface area contributed by atoms with Gasteiger partial charge in [0.05, 0.1) is 12.1 Å². The summed E-state index contributed by atoms with van der Waals surface area (Å²) < 4.78 is 13.8. The van der Waals surface area contributed by atoms with Gasteiger partial charge in [-0.15, -0.1) is 11.3 Å². The van der Waals surface area contributed by atoms with Crippen LogP contribution in [0.1, 0.15) is 11.3 Å². The number of carbonyl (C=O) groups is 1. The van der Waals surface area contributed by atoms with Crippen LogP contribution >= 0.6 is 34.7 Å². The molecule has 0 bridgehead atoms. The van der Waals surface area contributed by atoms with Crippen LogP contribution in [0.3, 0.4) is 0 Å². The lowest BCUT2D eigenvalue weighted by Gasteiger charge is -2.03. The van der Waals surface area contributed by atoms with Crippen molar-refractivity contribution in [1.82, 2.24) is 4.98 Å². The maximum Gasteiger partial charge on any atom is 0.230 e. The van der Waals surface area contributed by atoms with Crippen molar-refractivity contribution in [2.45, 2.75) is 16.5 Å².